The molecule has 0 bridgehead atoms. The third-order valence-electron chi connectivity index (χ3n) is 2.50. The number of hydrogen-bond donors (Lipinski definition) is 1. The first-order valence-corrected chi connectivity index (χ1v) is 6.27. The number of benzene rings is 1. The van der Waals surface area contributed by atoms with Crippen LogP contribution in [0.5, 0.6) is 0 Å². The van der Waals surface area contributed by atoms with Gasteiger partial charge in [0.05, 0.1) is 19.8 Å². The maximum absolute atomic E-state index is 11.6. The van der Waals surface area contributed by atoms with Crippen molar-refractivity contribution < 1.29 is 19.0 Å². The average Bonchev–Trinajstić information content (AvgIpc) is 2.43. The maximum atomic E-state index is 11.6. The van der Waals surface area contributed by atoms with Crippen LogP contribution < -0.4 is 5.73 Å². The molecule has 0 heterocycles. The maximum Gasteiger partial charge on any atom is 0.323 e. The highest BCUT2D eigenvalue weighted by molar-refractivity contribution is 5.75. The lowest BCUT2D eigenvalue weighted by Crippen LogP contribution is -2.35. The number of rotatable bonds is 9. The zero-order chi connectivity index (χ0) is 13.9. The van der Waals surface area contributed by atoms with Crippen molar-refractivity contribution in [3.05, 3.63) is 35.9 Å². The van der Waals surface area contributed by atoms with Crippen LogP contribution >= 0.6 is 0 Å². The van der Waals surface area contributed by atoms with Crippen LogP contribution in [0.4, 0.5) is 0 Å². The number of carbonyl (C=O) groups excluding carboxylic acids is 1. The molecule has 0 aliphatic heterocycles. The quantitative estimate of drug-likeness (QED) is 0.528. The Morgan fingerprint density at radius 1 is 1.16 bits per heavy atom. The minimum Gasteiger partial charge on any atom is -0.462 e. The first-order chi connectivity index (χ1) is 9.24. The van der Waals surface area contributed by atoms with Gasteiger partial charge in [0.2, 0.25) is 0 Å². The SMILES string of the molecule is COCCOCCOC(=O)[C@@H](N)Cc1ccccc1. The van der Waals surface area contributed by atoms with E-state index in [-0.39, 0.29) is 6.61 Å². The lowest BCUT2D eigenvalue weighted by Gasteiger charge is -2.11. The largest absolute Gasteiger partial charge is 0.462 e. The Hall–Kier alpha value is -1.43. The molecule has 106 valence electrons. The Kier molecular flexibility index (Phi) is 7.81. The fraction of sp³-hybridized carbons (Fsp3) is 0.500. The molecule has 2 N–H and O–H groups in total. The lowest BCUT2D eigenvalue weighted by atomic mass is 10.1. The average molecular weight is 267 g/mol. The lowest BCUT2D eigenvalue weighted by molar-refractivity contribution is -0.146. The van der Waals surface area contributed by atoms with Crippen molar-refractivity contribution in [2.24, 2.45) is 5.73 Å². The molecule has 0 fully saturated rings. The van der Waals surface area contributed by atoms with E-state index in [1.807, 2.05) is 30.3 Å². The summed E-state index contributed by atoms with van der Waals surface area (Å²) in [5, 5.41) is 0. The molecule has 1 aromatic carbocycles. The van der Waals surface area contributed by atoms with Gasteiger partial charge in [-0.2, -0.15) is 0 Å². The number of methoxy groups -OCH3 is 1. The summed E-state index contributed by atoms with van der Waals surface area (Å²) in [6.07, 6.45) is 0.476. The zero-order valence-corrected chi connectivity index (χ0v) is 11.2. The molecule has 5 nitrogen and oxygen atoms in total. The van der Waals surface area contributed by atoms with Gasteiger partial charge in [-0.05, 0) is 12.0 Å². The summed E-state index contributed by atoms with van der Waals surface area (Å²) in [6, 6.07) is 8.97. The molecule has 0 saturated heterocycles. The number of esters is 1. The minimum atomic E-state index is -0.638. The van der Waals surface area contributed by atoms with E-state index >= 15 is 0 Å². The number of carbonyl (C=O) groups is 1. The van der Waals surface area contributed by atoms with E-state index in [4.69, 9.17) is 19.9 Å². The molecule has 0 unspecified atom stereocenters. The van der Waals surface area contributed by atoms with E-state index in [2.05, 4.69) is 0 Å². The third kappa shape index (κ3) is 6.91. The van der Waals surface area contributed by atoms with Gasteiger partial charge in [-0.3, -0.25) is 4.79 Å². The van der Waals surface area contributed by atoms with Gasteiger partial charge in [0, 0.05) is 7.11 Å². The molecule has 1 atom stereocenters. The smallest absolute Gasteiger partial charge is 0.323 e. The van der Waals surface area contributed by atoms with E-state index in [0.29, 0.717) is 26.2 Å². The van der Waals surface area contributed by atoms with Crippen LogP contribution in [0.15, 0.2) is 30.3 Å². The Morgan fingerprint density at radius 2 is 1.84 bits per heavy atom. The van der Waals surface area contributed by atoms with E-state index in [9.17, 15) is 4.79 Å². The van der Waals surface area contributed by atoms with Crippen molar-refractivity contribution in [3.63, 3.8) is 0 Å². The van der Waals surface area contributed by atoms with Gasteiger partial charge in [0.25, 0.3) is 0 Å². The van der Waals surface area contributed by atoms with E-state index in [1.165, 1.54) is 0 Å². The normalized spacial score (nSPS) is 12.1. The van der Waals surface area contributed by atoms with Crippen LogP contribution in [-0.4, -0.2) is 45.5 Å². The molecule has 0 aromatic heterocycles. The molecule has 0 aliphatic carbocycles. The third-order valence-corrected chi connectivity index (χ3v) is 2.50. The molecule has 1 aromatic rings. The molecule has 0 spiro atoms. The monoisotopic (exact) mass is 267 g/mol. The van der Waals surface area contributed by atoms with E-state index in [0.717, 1.165) is 5.56 Å². The minimum absolute atomic E-state index is 0.213. The van der Waals surface area contributed by atoms with Crippen molar-refractivity contribution >= 4 is 5.97 Å². The molecule has 0 aliphatic rings. The second-order valence-electron chi connectivity index (χ2n) is 4.07. The summed E-state index contributed by atoms with van der Waals surface area (Å²) in [5.74, 6) is -0.404. The molecule has 0 radical (unpaired) electrons. The number of ether oxygens (including phenoxy) is 3. The molecule has 0 amide bonds. The summed E-state index contributed by atoms with van der Waals surface area (Å²) in [6.45, 7) is 1.59. The van der Waals surface area contributed by atoms with Gasteiger partial charge < -0.3 is 19.9 Å². The first-order valence-electron chi connectivity index (χ1n) is 6.27. The van der Waals surface area contributed by atoms with Gasteiger partial charge in [0.15, 0.2) is 0 Å². The Balaban J connectivity index is 2.15. The summed E-state index contributed by atoms with van der Waals surface area (Å²) in [5.41, 5.74) is 6.79. The van der Waals surface area contributed by atoms with Crippen LogP contribution in [0.1, 0.15) is 5.56 Å². The van der Waals surface area contributed by atoms with Crippen molar-refractivity contribution in [3.8, 4) is 0 Å². The highest BCUT2D eigenvalue weighted by atomic mass is 16.6. The summed E-state index contributed by atoms with van der Waals surface area (Å²) in [7, 11) is 1.60. The molecule has 1 rings (SSSR count). The van der Waals surface area contributed by atoms with Crippen molar-refractivity contribution in [1.29, 1.82) is 0 Å². The predicted octanol–water partition coefficient (Wildman–Crippen LogP) is 0.763. The highest BCUT2D eigenvalue weighted by Gasteiger charge is 2.15. The second-order valence-corrected chi connectivity index (χ2v) is 4.07. The van der Waals surface area contributed by atoms with Crippen LogP contribution in [-0.2, 0) is 25.4 Å². The molecular formula is C14H21NO4. The van der Waals surface area contributed by atoms with Gasteiger partial charge in [-0.1, -0.05) is 30.3 Å². The van der Waals surface area contributed by atoms with Crippen LogP contribution in [0.2, 0.25) is 0 Å². The van der Waals surface area contributed by atoms with Crippen LogP contribution in [0.3, 0.4) is 0 Å². The van der Waals surface area contributed by atoms with E-state index in [1.54, 1.807) is 7.11 Å². The van der Waals surface area contributed by atoms with Gasteiger partial charge in [-0.25, -0.2) is 0 Å². The molecule has 0 saturated carbocycles. The van der Waals surface area contributed by atoms with E-state index < -0.39 is 12.0 Å². The van der Waals surface area contributed by atoms with Crippen LogP contribution in [0.25, 0.3) is 0 Å². The topological polar surface area (TPSA) is 70.8 Å². The van der Waals surface area contributed by atoms with Crippen LogP contribution in [0, 0.1) is 0 Å². The fourth-order valence-corrected chi connectivity index (χ4v) is 1.50. The zero-order valence-electron chi connectivity index (χ0n) is 11.2. The summed E-state index contributed by atoms with van der Waals surface area (Å²) < 4.78 is 15.0. The van der Waals surface area contributed by atoms with Gasteiger partial charge >= 0.3 is 5.97 Å². The first kappa shape index (κ1) is 15.6. The molecular weight excluding hydrogens is 246 g/mol. The molecule has 5 heteroatoms. The van der Waals surface area contributed by atoms with Crippen molar-refractivity contribution in [2.45, 2.75) is 12.5 Å². The highest BCUT2D eigenvalue weighted by Crippen LogP contribution is 2.02. The van der Waals surface area contributed by atoms with Gasteiger partial charge in [0.1, 0.15) is 12.6 Å². The second kappa shape index (κ2) is 9.49. The van der Waals surface area contributed by atoms with Crippen molar-refractivity contribution in [1.82, 2.24) is 0 Å². The molecule has 19 heavy (non-hydrogen) atoms. The Bertz CT molecular complexity index is 356. The summed E-state index contributed by atoms with van der Waals surface area (Å²) >= 11 is 0. The predicted molar refractivity (Wildman–Crippen MR) is 71.8 cm³/mol. The fourth-order valence-electron chi connectivity index (χ4n) is 1.50. The Morgan fingerprint density at radius 3 is 2.53 bits per heavy atom. The summed E-state index contributed by atoms with van der Waals surface area (Å²) in [4.78, 5) is 11.6. The number of hydrogen-bond acceptors (Lipinski definition) is 5. The number of nitrogens with two attached hydrogens (primary N) is 1. The Labute approximate surface area is 113 Å². The van der Waals surface area contributed by atoms with Gasteiger partial charge in [-0.15, -0.1) is 0 Å². The standard InChI is InChI=1S/C14H21NO4/c1-17-7-8-18-9-10-19-14(16)13(15)11-12-5-3-2-4-6-12/h2-6,13H,7-11,15H2,1H3/t13-/m0/s1. The van der Waals surface area contributed by atoms with Crippen molar-refractivity contribution in [2.75, 3.05) is 33.5 Å².